The van der Waals surface area contributed by atoms with E-state index in [1.54, 1.807) is 6.92 Å². The first-order valence-electron chi connectivity index (χ1n) is 6.06. The van der Waals surface area contributed by atoms with E-state index in [2.05, 4.69) is 5.32 Å². The van der Waals surface area contributed by atoms with Crippen molar-refractivity contribution in [3.8, 4) is 0 Å². The molecule has 1 aliphatic rings. The zero-order chi connectivity index (χ0) is 12.0. The molecule has 1 aliphatic carbocycles. The number of hydrogen-bond donors (Lipinski definition) is 2. The van der Waals surface area contributed by atoms with Gasteiger partial charge in [0.25, 0.3) is 0 Å². The Morgan fingerprint density at radius 3 is 2.62 bits per heavy atom. The molecule has 0 amide bonds. The van der Waals surface area contributed by atoms with Crippen LogP contribution >= 0.6 is 0 Å². The average molecular weight is 229 g/mol. The fourth-order valence-electron chi connectivity index (χ4n) is 2.33. The van der Waals surface area contributed by atoms with Crippen LogP contribution in [0, 0.1) is 5.92 Å². The standard InChI is InChI=1S/C12H23NO3/c1-12(9-16-2,11(14)15)13-8-7-10-5-3-4-6-10/h10,13H,3-9H2,1-2H3,(H,14,15). The van der Waals surface area contributed by atoms with Crippen molar-refractivity contribution in [3.05, 3.63) is 0 Å². The number of carboxylic acids is 1. The van der Waals surface area contributed by atoms with Gasteiger partial charge in [-0.25, -0.2) is 0 Å². The molecule has 0 heterocycles. The Kier molecular flexibility index (Phi) is 5.22. The summed E-state index contributed by atoms with van der Waals surface area (Å²) in [6, 6.07) is 0. The Morgan fingerprint density at radius 2 is 2.12 bits per heavy atom. The smallest absolute Gasteiger partial charge is 0.326 e. The predicted octanol–water partition coefficient (Wildman–Crippen LogP) is 1.65. The van der Waals surface area contributed by atoms with Crippen molar-refractivity contribution in [3.63, 3.8) is 0 Å². The van der Waals surface area contributed by atoms with E-state index in [0.29, 0.717) is 0 Å². The van der Waals surface area contributed by atoms with Crippen LogP contribution in [0.25, 0.3) is 0 Å². The van der Waals surface area contributed by atoms with E-state index < -0.39 is 11.5 Å². The molecule has 4 heteroatoms. The van der Waals surface area contributed by atoms with Crippen LogP contribution in [0.15, 0.2) is 0 Å². The van der Waals surface area contributed by atoms with Gasteiger partial charge in [0.05, 0.1) is 6.61 Å². The van der Waals surface area contributed by atoms with Crippen LogP contribution in [-0.2, 0) is 9.53 Å². The zero-order valence-corrected chi connectivity index (χ0v) is 10.3. The van der Waals surface area contributed by atoms with Crippen molar-refractivity contribution in [2.45, 2.75) is 44.6 Å². The van der Waals surface area contributed by atoms with Crippen molar-refractivity contribution in [1.29, 1.82) is 0 Å². The number of carboxylic acid groups (broad SMARTS) is 1. The normalized spacial score (nSPS) is 20.9. The number of aliphatic carboxylic acids is 1. The molecule has 1 unspecified atom stereocenters. The summed E-state index contributed by atoms with van der Waals surface area (Å²) in [5.41, 5.74) is -0.951. The van der Waals surface area contributed by atoms with Crippen molar-refractivity contribution < 1.29 is 14.6 Å². The van der Waals surface area contributed by atoms with Crippen LogP contribution in [0.2, 0.25) is 0 Å². The Hall–Kier alpha value is -0.610. The molecule has 1 rings (SSSR count). The van der Waals surface area contributed by atoms with Crippen LogP contribution < -0.4 is 5.32 Å². The molecule has 0 aliphatic heterocycles. The lowest BCUT2D eigenvalue weighted by Gasteiger charge is -2.26. The number of hydrogen-bond acceptors (Lipinski definition) is 3. The minimum absolute atomic E-state index is 0.201. The molecule has 0 radical (unpaired) electrons. The van der Waals surface area contributed by atoms with Gasteiger partial charge in [-0.15, -0.1) is 0 Å². The Labute approximate surface area is 97.4 Å². The Morgan fingerprint density at radius 1 is 1.50 bits per heavy atom. The molecule has 1 fully saturated rings. The van der Waals surface area contributed by atoms with Crippen molar-refractivity contribution in [2.24, 2.45) is 5.92 Å². The molecule has 2 N–H and O–H groups in total. The third kappa shape index (κ3) is 3.76. The highest BCUT2D eigenvalue weighted by Crippen LogP contribution is 2.27. The molecule has 4 nitrogen and oxygen atoms in total. The highest BCUT2D eigenvalue weighted by atomic mass is 16.5. The lowest BCUT2D eigenvalue weighted by Crippen LogP contribution is -2.53. The first-order chi connectivity index (χ1) is 7.58. The van der Waals surface area contributed by atoms with E-state index in [0.717, 1.165) is 18.9 Å². The minimum atomic E-state index is -0.951. The van der Waals surface area contributed by atoms with E-state index in [1.807, 2.05) is 0 Å². The molecule has 16 heavy (non-hydrogen) atoms. The molecule has 0 aromatic carbocycles. The second kappa shape index (κ2) is 6.21. The predicted molar refractivity (Wildman–Crippen MR) is 62.5 cm³/mol. The Bertz CT molecular complexity index is 226. The zero-order valence-electron chi connectivity index (χ0n) is 10.3. The second-order valence-electron chi connectivity index (χ2n) is 4.94. The summed E-state index contributed by atoms with van der Waals surface area (Å²) in [5, 5.41) is 12.2. The van der Waals surface area contributed by atoms with Gasteiger partial charge in [-0.2, -0.15) is 0 Å². The van der Waals surface area contributed by atoms with Crippen LogP contribution in [0.3, 0.4) is 0 Å². The second-order valence-corrected chi connectivity index (χ2v) is 4.94. The summed E-state index contributed by atoms with van der Waals surface area (Å²) in [7, 11) is 1.53. The van der Waals surface area contributed by atoms with Gasteiger partial charge in [0, 0.05) is 7.11 Å². The van der Waals surface area contributed by atoms with E-state index in [9.17, 15) is 4.79 Å². The third-order valence-electron chi connectivity index (χ3n) is 3.45. The number of methoxy groups -OCH3 is 1. The van der Waals surface area contributed by atoms with E-state index in [-0.39, 0.29) is 6.61 Å². The molecule has 0 aromatic rings. The first-order valence-corrected chi connectivity index (χ1v) is 6.06. The average Bonchev–Trinajstić information content (AvgIpc) is 2.70. The van der Waals surface area contributed by atoms with Crippen LogP contribution in [0.1, 0.15) is 39.0 Å². The van der Waals surface area contributed by atoms with Gasteiger partial charge in [0.2, 0.25) is 0 Å². The molecule has 0 bridgehead atoms. The summed E-state index contributed by atoms with van der Waals surface area (Å²) in [6.45, 7) is 2.64. The number of carbonyl (C=O) groups is 1. The third-order valence-corrected chi connectivity index (χ3v) is 3.45. The highest BCUT2D eigenvalue weighted by molar-refractivity contribution is 5.78. The number of rotatable bonds is 7. The summed E-state index contributed by atoms with van der Waals surface area (Å²) >= 11 is 0. The molecule has 94 valence electrons. The minimum Gasteiger partial charge on any atom is -0.480 e. The summed E-state index contributed by atoms with van der Waals surface area (Å²) in [5.74, 6) is -0.0612. The largest absolute Gasteiger partial charge is 0.480 e. The number of ether oxygens (including phenoxy) is 1. The van der Waals surface area contributed by atoms with Crippen LogP contribution in [-0.4, -0.2) is 36.9 Å². The molecule has 1 atom stereocenters. The molecule has 0 spiro atoms. The van der Waals surface area contributed by atoms with Gasteiger partial charge in [0.15, 0.2) is 0 Å². The van der Waals surface area contributed by atoms with Gasteiger partial charge < -0.3 is 15.2 Å². The Balaban J connectivity index is 2.29. The maximum Gasteiger partial charge on any atom is 0.326 e. The van der Waals surface area contributed by atoms with Gasteiger partial charge in [0.1, 0.15) is 5.54 Å². The molecular weight excluding hydrogens is 206 g/mol. The van der Waals surface area contributed by atoms with Gasteiger partial charge in [-0.05, 0) is 25.8 Å². The summed E-state index contributed by atoms with van der Waals surface area (Å²) in [6.07, 6.45) is 6.34. The molecule has 0 saturated heterocycles. The lowest BCUT2D eigenvalue weighted by molar-refractivity contribution is -0.146. The van der Waals surface area contributed by atoms with Gasteiger partial charge in [-0.1, -0.05) is 25.7 Å². The fraction of sp³-hybridized carbons (Fsp3) is 0.917. The van der Waals surface area contributed by atoms with E-state index in [1.165, 1.54) is 32.8 Å². The monoisotopic (exact) mass is 229 g/mol. The molecular formula is C12H23NO3. The van der Waals surface area contributed by atoms with E-state index >= 15 is 0 Å². The molecule has 0 aromatic heterocycles. The highest BCUT2D eigenvalue weighted by Gasteiger charge is 2.32. The quantitative estimate of drug-likeness (QED) is 0.697. The van der Waals surface area contributed by atoms with Crippen LogP contribution in [0.4, 0.5) is 0 Å². The SMILES string of the molecule is COCC(C)(NCCC1CCCC1)C(=O)O. The topological polar surface area (TPSA) is 58.6 Å². The van der Waals surface area contributed by atoms with Crippen molar-refractivity contribution >= 4 is 5.97 Å². The number of nitrogens with one attached hydrogen (secondary N) is 1. The summed E-state index contributed by atoms with van der Waals surface area (Å²) in [4.78, 5) is 11.1. The fourth-order valence-corrected chi connectivity index (χ4v) is 2.33. The van der Waals surface area contributed by atoms with E-state index in [4.69, 9.17) is 9.84 Å². The molecule has 1 saturated carbocycles. The van der Waals surface area contributed by atoms with Gasteiger partial charge in [-0.3, -0.25) is 4.79 Å². The maximum absolute atomic E-state index is 11.1. The summed E-state index contributed by atoms with van der Waals surface area (Å²) < 4.78 is 4.95. The van der Waals surface area contributed by atoms with Crippen molar-refractivity contribution in [1.82, 2.24) is 5.32 Å². The maximum atomic E-state index is 11.1. The first kappa shape index (κ1) is 13.5. The van der Waals surface area contributed by atoms with Crippen molar-refractivity contribution in [2.75, 3.05) is 20.3 Å². The lowest BCUT2D eigenvalue weighted by atomic mass is 10.0. The van der Waals surface area contributed by atoms with Gasteiger partial charge >= 0.3 is 5.97 Å². The van der Waals surface area contributed by atoms with Crippen LogP contribution in [0.5, 0.6) is 0 Å².